The van der Waals surface area contributed by atoms with Crippen LogP contribution in [0.1, 0.15) is 19.8 Å². The quantitative estimate of drug-likeness (QED) is 0.902. The van der Waals surface area contributed by atoms with E-state index in [4.69, 9.17) is 4.42 Å². The first-order valence-electron chi connectivity index (χ1n) is 7.06. The number of carbonyl (C=O) groups is 1. The molecule has 0 bridgehead atoms. The zero-order chi connectivity index (χ0) is 14.8. The topological polar surface area (TPSA) is 77.1 Å². The van der Waals surface area contributed by atoms with Crippen molar-refractivity contribution >= 4 is 5.91 Å². The molecule has 0 radical (unpaired) electrons. The summed E-state index contributed by atoms with van der Waals surface area (Å²) in [6, 6.07) is 6.92. The molecule has 21 heavy (non-hydrogen) atoms. The van der Waals surface area contributed by atoms with E-state index in [2.05, 4.69) is 10.4 Å². The van der Waals surface area contributed by atoms with Crippen molar-refractivity contribution in [1.29, 1.82) is 0 Å². The highest BCUT2D eigenvalue weighted by atomic mass is 16.3. The van der Waals surface area contributed by atoms with Crippen LogP contribution in [0.25, 0.3) is 11.5 Å². The van der Waals surface area contributed by atoms with Crippen LogP contribution in [-0.2, 0) is 11.3 Å². The fraction of sp³-hybridized carbons (Fsp3) is 0.400. The normalized spacial score (nSPS) is 15.7. The van der Waals surface area contributed by atoms with Gasteiger partial charge in [-0.15, -0.1) is 0 Å². The Hall–Kier alpha value is -2.37. The SMILES string of the molecule is C[C@H](Cn1nc(-c2ccco2)ccc1=O)C(=O)NC1CC1. The standard InChI is InChI=1S/C15H17N3O3/c1-10(15(20)16-11-4-5-11)9-18-14(19)7-6-12(17-18)13-3-2-8-21-13/h2-3,6-8,10-11H,4-5,9H2,1H3,(H,16,20)/t10-/m1/s1. The highest BCUT2D eigenvalue weighted by Crippen LogP contribution is 2.19. The monoisotopic (exact) mass is 287 g/mol. The Morgan fingerprint density at radius 3 is 2.95 bits per heavy atom. The molecular formula is C15H17N3O3. The third kappa shape index (κ3) is 3.21. The number of furan rings is 1. The number of hydrogen-bond donors (Lipinski definition) is 1. The number of hydrogen-bond acceptors (Lipinski definition) is 4. The Morgan fingerprint density at radius 1 is 1.48 bits per heavy atom. The van der Waals surface area contributed by atoms with Crippen molar-refractivity contribution in [3.05, 3.63) is 40.9 Å². The van der Waals surface area contributed by atoms with Crippen LogP contribution in [0.4, 0.5) is 0 Å². The maximum absolute atomic E-state index is 11.9. The zero-order valence-electron chi connectivity index (χ0n) is 11.8. The van der Waals surface area contributed by atoms with Gasteiger partial charge in [-0.05, 0) is 31.0 Å². The summed E-state index contributed by atoms with van der Waals surface area (Å²) in [6.07, 6.45) is 3.65. The van der Waals surface area contributed by atoms with E-state index in [9.17, 15) is 9.59 Å². The lowest BCUT2D eigenvalue weighted by atomic mass is 10.1. The van der Waals surface area contributed by atoms with E-state index >= 15 is 0 Å². The van der Waals surface area contributed by atoms with E-state index in [1.54, 1.807) is 31.4 Å². The second kappa shape index (κ2) is 5.55. The van der Waals surface area contributed by atoms with Crippen molar-refractivity contribution in [2.45, 2.75) is 32.4 Å². The minimum absolute atomic E-state index is 0.0328. The Balaban J connectivity index is 1.76. The van der Waals surface area contributed by atoms with Gasteiger partial charge in [0, 0.05) is 12.1 Å². The lowest BCUT2D eigenvalue weighted by molar-refractivity contribution is -0.125. The van der Waals surface area contributed by atoms with Crippen LogP contribution in [0, 0.1) is 5.92 Å². The van der Waals surface area contributed by atoms with Gasteiger partial charge >= 0.3 is 0 Å². The van der Waals surface area contributed by atoms with Gasteiger partial charge in [-0.2, -0.15) is 5.10 Å². The molecule has 1 saturated carbocycles. The van der Waals surface area contributed by atoms with Gasteiger partial charge in [-0.25, -0.2) is 4.68 Å². The Kier molecular flexibility index (Phi) is 3.60. The lowest BCUT2D eigenvalue weighted by Crippen LogP contribution is -2.35. The predicted molar refractivity (Wildman–Crippen MR) is 76.5 cm³/mol. The van der Waals surface area contributed by atoms with Crippen molar-refractivity contribution in [2.75, 3.05) is 0 Å². The van der Waals surface area contributed by atoms with Crippen LogP contribution in [0.15, 0.2) is 39.7 Å². The molecule has 6 nitrogen and oxygen atoms in total. The Bertz CT molecular complexity index is 686. The van der Waals surface area contributed by atoms with Gasteiger partial charge < -0.3 is 9.73 Å². The van der Waals surface area contributed by atoms with Gasteiger partial charge in [0.2, 0.25) is 5.91 Å². The molecule has 110 valence electrons. The second-order valence-corrected chi connectivity index (χ2v) is 5.40. The summed E-state index contributed by atoms with van der Waals surface area (Å²) in [5.41, 5.74) is 0.353. The van der Waals surface area contributed by atoms with Crippen molar-refractivity contribution in [3.8, 4) is 11.5 Å². The van der Waals surface area contributed by atoms with Crippen molar-refractivity contribution in [3.63, 3.8) is 0 Å². The molecule has 0 aliphatic heterocycles. The smallest absolute Gasteiger partial charge is 0.266 e. The van der Waals surface area contributed by atoms with Crippen LogP contribution < -0.4 is 10.9 Å². The predicted octanol–water partition coefficient (Wildman–Crippen LogP) is 1.42. The average molecular weight is 287 g/mol. The summed E-state index contributed by atoms with van der Waals surface area (Å²) < 4.78 is 6.59. The molecule has 0 unspecified atom stereocenters. The molecule has 1 amide bonds. The van der Waals surface area contributed by atoms with Crippen LogP contribution in [0.3, 0.4) is 0 Å². The van der Waals surface area contributed by atoms with E-state index < -0.39 is 0 Å². The van der Waals surface area contributed by atoms with Gasteiger partial charge in [0.1, 0.15) is 5.69 Å². The number of carbonyl (C=O) groups excluding carboxylic acids is 1. The van der Waals surface area contributed by atoms with Gasteiger partial charge in [0.05, 0.1) is 18.7 Å². The first-order valence-corrected chi connectivity index (χ1v) is 7.06. The van der Waals surface area contributed by atoms with E-state index in [-0.39, 0.29) is 23.9 Å². The molecule has 2 aromatic rings. The van der Waals surface area contributed by atoms with Gasteiger partial charge in [0.15, 0.2) is 5.76 Å². The molecular weight excluding hydrogens is 270 g/mol. The number of nitrogens with one attached hydrogen (secondary N) is 1. The second-order valence-electron chi connectivity index (χ2n) is 5.40. The van der Waals surface area contributed by atoms with Gasteiger partial charge in [-0.3, -0.25) is 9.59 Å². The molecule has 3 rings (SSSR count). The number of amides is 1. The molecule has 2 aromatic heterocycles. The van der Waals surface area contributed by atoms with E-state index in [0.717, 1.165) is 12.8 Å². The zero-order valence-corrected chi connectivity index (χ0v) is 11.8. The molecule has 0 spiro atoms. The minimum atomic E-state index is -0.303. The molecule has 1 aliphatic rings. The lowest BCUT2D eigenvalue weighted by Gasteiger charge is -2.13. The molecule has 0 aromatic carbocycles. The number of nitrogens with zero attached hydrogens (tertiary/aromatic N) is 2. The van der Waals surface area contributed by atoms with E-state index in [0.29, 0.717) is 17.5 Å². The highest BCUT2D eigenvalue weighted by molar-refractivity contribution is 5.78. The summed E-state index contributed by atoms with van der Waals surface area (Å²) in [5, 5.41) is 7.20. The van der Waals surface area contributed by atoms with E-state index in [1.807, 2.05) is 0 Å². The molecule has 1 N–H and O–H groups in total. The fourth-order valence-corrected chi connectivity index (χ4v) is 2.05. The molecule has 0 saturated heterocycles. The number of rotatable bonds is 5. The summed E-state index contributed by atoms with van der Waals surface area (Å²) in [4.78, 5) is 23.8. The minimum Gasteiger partial charge on any atom is -0.463 e. The third-order valence-corrected chi connectivity index (χ3v) is 3.46. The maximum Gasteiger partial charge on any atom is 0.266 e. The van der Waals surface area contributed by atoms with Crippen molar-refractivity contribution < 1.29 is 9.21 Å². The first-order chi connectivity index (χ1) is 10.1. The van der Waals surface area contributed by atoms with Crippen LogP contribution in [-0.4, -0.2) is 21.7 Å². The van der Waals surface area contributed by atoms with Crippen LogP contribution in [0.5, 0.6) is 0 Å². The van der Waals surface area contributed by atoms with Gasteiger partial charge in [-0.1, -0.05) is 6.92 Å². The molecule has 1 atom stereocenters. The largest absolute Gasteiger partial charge is 0.463 e. The van der Waals surface area contributed by atoms with Crippen LogP contribution in [0.2, 0.25) is 0 Å². The maximum atomic E-state index is 11.9. The molecule has 6 heteroatoms. The number of aromatic nitrogens is 2. The molecule has 2 heterocycles. The van der Waals surface area contributed by atoms with Crippen molar-refractivity contribution in [1.82, 2.24) is 15.1 Å². The average Bonchev–Trinajstić information content (AvgIpc) is 3.11. The summed E-state index contributed by atoms with van der Waals surface area (Å²) in [5.74, 6) is 0.260. The third-order valence-electron chi connectivity index (χ3n) is 3.46. The van der Waals surface area contributed by atoms with Gasteiger partial charge in [0.25, 0.3) is 5.56 Å². The fourth-order valence-electron chi connectivity index (χ4n) is 2.05. The summed E-state index contributed by atoms with van der Waals surface area (Å²) in [7, 11) is 0. The molecule has 1 aliphatic carbocycles. The van der Waals surface area contributed by atoms with Crippen LogP contribution >= 0.6 is 0 Å². The van der Waals surface area contributed by atoms with Crippen molar-refractivity contribution in [2.24, 2.45) is 5.92 Å². The van der Waals surface area contributed by atoms with E-state index in [1.165, 1.54) is 10.7 Å². The Labute approximate surface area is 121 Å². The summed E-state index contributed by atoms with van der Waals surface area (Å²) >= 11 is 0. The highest BCUT2D eigenvalue weighted by Gasteiger charge is 2.26. The first kappa shape index (κ1) is 13.6. The summed E-state index contributed by atoms with van der Waals surface area (Å²) in [6.45, 7) is 2.05. The molecule has 1 fully saturated rings. The Morgan fingerprint density at radius 2 is 2.29 bits per heavy atom.